The topological polar surface area (TPSA) is 105 Å². The first kappa shape index (κ1) is 28.5. The molecule has 0 atom stereocenters. The lowest BCUT2D eigenvalue weighted by Gasteiger charge is -2.25. The van der Waals surface area contributed by atoms with Gasteiger partial charge in [-0.15, -0.1) is 0 Å². The zero-order valence-electron chi connectivity index (χ0n) is 21.7. The van der Waals surface area contributed by atoms with Crippen LogP contribution in [0.3, 0.4) is 0 Å². The largest absolute Gasteiger partial charge is 0.423 e. The van der Waals surface area contributed by atoms with Crippen molar-refractivity contribution in [1.29, 1.82) is 0 Å². The molecule has 4 rings (SSSR count). The molecule has 0 radical (unpaired) electrons. The number of carbonyl (C=O) groups is 2. The number of nitrogens with zero attached hydrogens (tertiary/aromatic N) is 2. The van der Waals surface area contributed by atoms with E-state index in [1.54, 1.807) is 85.8 Å². The summed E-state index contributed by atoms with van der Waals surface area (Å²) in [6.45, 7) is 3.01. The molecule has 0 spiro atoms. The molecule has 4 aromatic rings. The van der Waals surface area contributed by atoms with Crippen molar-refractivity contribution in [3.8, 4) is 5.75 Å². The number of esters is 1. The number of halogens is 1. The van der Waals surface area contributed by atoms with Crippen molar-refractivity contribution in [2.45, 2.75) is 18.7 Å². The van der Waals surface area contributed by atoms with Crippen molar-refractivity contribution in [2.75, 3.05) is 10.8 Å². The van der Waals surface area contributed by atoms with Gasteiger partial charge in [0.2, 0.25) is 0 Å². The molecule has 0 fully saturated rings. The number of hydrogen-bond acceptors (Lipinski definition) is 6. The fourth-order valence-corrected chi connectivity index (χ4v) is 5.36. The summed E-state index contributed by atoms with van der Waals surface area (Å²) in [5, 5.41) is 4.33. The Morgan fingerprint density at radius 2 is 1.57 bits per heavy atom. The molecule has 8 nitrogen and oxygen atoms in total. The zero-order valence-corrected chi connectivity index (χ0v) is 23.3. The van der Waals surface area contributed by atoms with Crippen LogP contribution in [-0.2, 0) is 14.8 Å². The van der Waals surface area contributed by atoms with E-state index in [9.17, 15) is 18.0 Å². The summed E-state index contributed by atoms with van der Waals surface area (Å²) < 4.78 is 33.5. The highest BCUT2D eigenvalue weighted by Crippen LogP contribution is 2.30. The van der Waals surface area contributed by atoms with Gasteiger partial charge in [-0.05, 0) is 85.6 Å². The van der Waals surface area contributed by atoms with Gasteiger partial charge in [-0.2, -0.15) is 5.10 Å². The molecule has 40 heavy (non-hydrogen) atoms. The van der Waals surface area contributed by atoms with Crippen molar-refractivity contribution >= 4 is 45.4 Å². The first-order valence-electron chi connectivity index (χ1n) is 12.2. The number of carbonyl (C=O) groups excluding carboxylic acids is 2. The summed E-state index contributed by atoms with van der Waals surface area (Å²) in [5.41, 5.74) is 5.13. The fourth-order valence-electron chi connectivity index (χ4n) is 3.71. The monoisotopic (exact) mass is 575 g/mol. The third kappa shape index (κ3) is 6.93. The molecule has 0 aliphatic heterocycles. The molecule has 0 aromatic heterocycles. The summed E-state index contributed by atoms with van der Waals surface area (Å²) in [6, 6.07) is 26.4. The van der Waals surface area contributed by atoms with E-state index in [0.717, 1.165) is 9.87 Å². The molecule has 0 aliphatic carbocycles. The maximum Gasteiger partial charge on any atom is 0.343 e. The third-order valence-corrected chi connectivity index (χ3v) is 8.09. The molecule has 10 heteroatoms. The van der Waals surface area contributed by atoms with E-state index in [1.807, 2.05) is 13.0 Å². The van der Waals surface area contributed by atoms with Gasteiger partial charge >= 0.3 is 5.97 Å². The molecular weight excluding hydrogens is 550 g/mol. The van der Waals surface area contributed by atoms with Crippen LogP contribution in [0, 0.1) is 13.8 Å². The Hall–Kier alpha value is -4.47. The number of aryl methyl sites for hydroxylation is 1. The number of hydrazone groups is 1. The highest BCUT2D eigenvalue weighted by Gasteiger charge is 2.28. The average molecular weight is 576 g/mol. The molecule has 4 aromatic carbocycles. The first-order valence-corrected chi connectivity index (χ1v) is 14.0. The molecule has 1 amide bonds. The van der Waals surface area contributed by atoms with Crippen LogP contribution in [0.25, 0.3) is 0 Å². The fraction of sp³-hybridized carbons (Fsp3) is 0.100. The minimum atomic E-state index is -4.10. The molecule has 204 valence electrons. The van der Waals surface area contributed by atoms with Crippen molar-refractivity contribution < 1.29 is 22.7 Å². The maximum atomic E-state index is 13.6. The van der Waals surface area contributed by atoms with Crippen LogP contribution in [0.15, 0.2) is 107 Å². The summed E-state index contributed by atoms with van der Waals surface area (Å²) in [6.07, 6.45) is 1.39. The second-order valence-electron chi connectivity index (χ2n) is 8.83. The number of anilines is 1. The second kappa shape index (κ2) is 12.6. The number of benzene rings is 4. The lowest BCUT2D eigenvalue weighted by atomic mass is 10.2. The van der Waals surface area contributed by atoms with Gasteiger partial charge in [0.15, 0.2) is 0 Å². The molecule has 0 bridgehead atoms. The van der Waals surface area contributed by atoms with Crippen LogP contribution in [0.5, 0.6) is 5.75 Å². The van der Waals surface area contributed by atoms with Gasteiger partial charge in [0.25, 0.3) is 15.9 Å². The average Bonchev–Trinajstić information content (AvgIpc) is 2.95. The Morgan fingerprint density at radius 1 is 0.900 bits per heavy atom. The molecule has 1 N–H and O–H groups in total. The lowest BCUT2D eigenvalue weighted by molar-refractivity contribution is -0.119. The number of nitrogens with one attached hydrogen (secondary N) is 1. The van der Waals surface area contributed by atoms with E-state index in [1.165, 1.54) is 18.3 Å². The van der Waals surface area contributed by atoms with E-state index in [2.05, 4.69) is 10.5 Å². The predicted molar refractivity (Wildman–Crippen MR) is 155 cm³/mol. The summed E-state index contributed by atoms with van der Waals surface area (Å²) in [4.78, 5) is 25.1. The van der Waals surface area contributed by atoms with Crippen molar-refractivity contribution in [3.63, 3.8) is 0 Å². The molecule has 0 unspecified atom stereocenters. The Morgan fingerprint density at radius 3 is 2.25 bits per heavy atom. The van der Waals surface area contributed by atoms with Gasteiger partial charge in [0.1, 0.15) is 12.3 Å². The van der Waals surface area contributed by atoms with Gasteiger partial charge in [0.05, 0.1) is 22.4 Å². The number of sulfonamides is 1. The normalized spacial score (nSPS) is 11.3. The van der Waals surface area contributed by atoms with Crippen molar-refractivity contribution in [2.24, 2.45) is 5.10 Å². The predicted octanol–water partition coefficient (Wildman–Crippen LogP) is 5.52. The third-order valence-electron chi connectivity index (χ3n) is 5.91. The summed E-state index contributed by atoms with van der Waals surface area (Å²) >= 11 is 6.26. The van der Waals surface area contributed by atoms with Crippen LogP contribution < -0.4 is 14.5 Å². The molecule has 0 saturated carbocycles. The van der Waals surface area contributed by atoms with E-state index in [4.69, 9.17) is 16.3 Å². The SMILES string of the molecule is Cc1ccc(S(=O)(=O)N(CC(=O)N/N=C\c2ccc(OC(=O)c3ccccc3)cc2)c2cccc(Cl)c2C)cc1. The van der Waals surface area contributed by atoms with E-state index < -0.39 is 28.4 Å². The van der Waals surface area contributed by atoms with Crippen LogP contribution in [0.1, 0.15) is 27.0 Å². The van der Waals surface area contributed by atoms with Crippen LogP contribution in [-0.4, -0.2) is 33.1 Å². The van der Waals surface area contributed by atoms with Gasteiger partial charge < -0.3 is 4.74 Å². The number of amides is 1. The van der Waals surface area contributed by atoms with Crippen LogP contribution in [0.2, 0.25) is 5.02 Å². The van der Waals surface area contributed by atoms with E-state index >= 15 is 0 Å². The van der Waals surface area contributed by atoms with Gasteiger partial charge in [-0.25, -0.2) is 18.6 Å². The highest BCUT2D eigenvalue weighted by molar-refractivity contribution is 7.92. The molecule has 0 saturated heterocycles. The van der Waals surface area contributed by atoms with Crippen molar-refractivity contribution in [1.82, 2.24) is 5.43 Å². The van der Waals surface area contributed by atoms with E-state index in [-0.39, 0.29) is 10.6 Å². The Bertz CT molecular complexity index is 1640. The number of ether oxygens (including phenoxy) is 1. The highest BCUT2D eigenvalue weighted by atomic mass is 35.5. The quantitative estimate of drug-likeness (QED) is 0.122. The number of rotatable bonds is 9. The Balaban J connectivity index is 1.46. The number of hydrogen-bond donors (Lipinski definition) is 1. The summed E-state index contributed by atoms with van der Waals surface area (Å²) in [5.74, 6) is -0.780. The lowest BCUT2D eigenvalue weighted by Crippen LogP contribution is -2.40. The summed E-state index contributed by atoms with van der Waals surface area (Å²) in [7, 11) is -4.10. The maximum absolute atomic E-state index is 13.6. The van der Waals surface area contributed by atoms with Crippen LogP contribution in [0.4, 0.5) is 5.69 Å². The van der Waals surface area contributed by atoms with Gasteiger partial charge in [0, 0.05) is 5.02 Å². The minimum absolute atomic E-state index is 0.0434. The van der Waals surface area contributed by atoms with Crippen LogP contribution >= 0.6 is 11.6 Å². The van der Waals surface area contributed by atoms with Crippen molar-refractivity contribution in [3.05, 3.63) is 124 Å². The Labute approximate surface area is 237 Å². The van der Waals surface area contributed by atoms with Gasteiger partial charge in [-0.3, -0.25) is 9.10 Å². The second-order valence-corrected chi connectivity index (χ2v) is 11.1. The minimum Gasteiger partial charge on any atom is -0.423 e. The van der Waals surface area contributed by atoms with Gasteiger partial charge in [-0.1, -0.05) is 53.6 Å². The first-order chi connectivity index (χ1) is 19.1. The Kier molecular flexibility index (Phi) is 8.98. The zero-order chi connectivity index (χ0) is 28.7. The van der Waals surface area contributed by atoms with E-state index in [0.29, 0.717) is 27.5 Å². The standard InChI is InChI=1S/C30H26ClN3O5S/c1-21-11-17-26(18-12-21)40(37,38)34(28-10-6-9-27(31)22(28)2)20-29(35)33-32-19-23-13-15-25(16-14-23)39-30(36)24-7-4-3-5-8-24/h3-19H,20H2,1-2H3,(H,33,35)/b32-19-. The molecular formula is C30H26ClN3O5S. The molecule has 0 heterocycles. The smallest absolute Gasteiger partial charge is 0.343 e. The molecule has 0 aliphatic rings.